The van der Waals surface area contributed by atoms with Gasteiger partial charge in [-0.2, -0.15) is 4.31 Å². The Balaban J connectivity index is 1.58. The number of benzene rings is 2. The molecule has 29 heavy (non-hydrogen) atoms. The molecule has 2 aromatic rings. The van der Waals surface area contributed by atoms with Crippen molar-refractivity contribution in [3.8, 4) is 5.75 Å². The minimum atomic E-state index is -3.52. The number of hydrogen-bond acceptors (Lipinski definition) is 4. The van der Waals surface area contributed by atoms with Crippen LogP contribution in [0.15, 0.2) is 53.4 Å². The van der Waals surface area contributed by atoms with Gasteiger partial charge in [0.05, 0.1) is 12.0 Å². The zero-order valence-corrected chi connectivity index (χ0v) is 18.6. The molecule has 1 saturated heterocycles. The molecule has 1 heterocycles. The normalized spacial score (nSPS) is 15.4. The van der Waals surface area contributed by atoms with Crippen molar-refractivity contribution in [3.05, 3.63) is 54.1 Å². The Bertz CT molecular complexity index is 934. The molecule has 0 saturated carbocycles. The van der Waals surface area contributed by atoms with Gasteiger partial charge >= 0.3 is 0 Å². The molecule has 1 N–H and O–H groups in total. The molecule has 156 valence electrons. The summed E-state index contributed by atoms with van der Waals surface area (Å²) in [5.41, 5.74) is 2.21. The van der Waals surface area contributed by atoms with E-state index in [9.17, 15) is 8.42 Å². The summed E-state index contributed by atoms with van der Waals surface area (Å²) in [5, 5.41) is 3.87. The number of nitrogens with one attached hydrogen (secondary N) is 1. The quantitative estimate of drug-likeness (QED) is 0.728. The van der Waals surface area contributed by atoms with Crippen molar-refractivity contribution in [3.63, 3.8) is 0 Å². The van der Waals surface area contributed by atoms with E-state index in [2.05, 4.69) is 31.3 Å². The fourth-order valence-corrected chi connectivity index (χ4v) is 4.90. The Kier molecular flexibility index (Phi) is 6.77. The third kappa shape index (κ3) is 5.07. The lowest BCUT2D eigenvalue weighted by molar-refractivity contribution is 0.268. The molecular weight excluding hydrogens is 406 g/mol. The number of ether oxygens (including phenoxy) is 1. The molecule has 0 spiro atoms. The molecule has 1 aliphatic rings. The topological polar surface area (TPSA) is 61.9 Å². The summed E-state index contributed by atoms with van der Waals surface area (Å²) >= 11 is 5.53. The minimum absolute atomic E-state index is 0.276. The van der Waals surface area contributed by atoms with Gasteiger partial charge in [0, 0.05) is 31.9 Å². The Morgan fingerprint density at radius 1 is 1.00 bits per heavy atom. The van der Waals surface area contributed by atoms with Crippen LogP contribution in [0.3, 0.4) is 0 Å². The molecule has 6 nitrogen and oxygen atoms in total. The van der Waals surface area contributed by atoms with Gasteiger partial charge in [0.25, 0.3) is 0 Å². The lowest BCUT2D eigenvalue weighted by Gasteiger charge is -2.35. The highest BCUT2D eigenvalue weighted by Gasteiger charge is 2.29. The van der Waals surface area contributed by atoms with E-state index in [1.54, 1.807) is 31.4 Å². The van der Waals surface area contributed by atoms with Crippen LogP contribution in [0.2, 0.25) is 0 Å². The third-order valence-electron chi connectivity index (χ3n) is 5.05. The van der Waals surface area contributed by atoms with Crippen molar-refractivity contribution in [2.24, 2.45) is 0 Å². The molecule has 2 aromatic carbocycles. The van der Waals surface area contributed by atoms with Crippen molar-refractivity contribution in [1.82, 2.24) is 9.21 Å². The fourth-order valence-electron chi connectivity index (χ4n) is 3.18. The van der Waals surface area contributed by atoms with Crippen LogP contribution in [0, 0.1) is 0 Å². The van der Waals surface area contributed by atoms with Crippen LogP contribution in [-0.4, -0.2) is 56.0 Å². The van der Waals surface area contributed by atoms with Crippen molar-refractivity contribution >= 4 is 33.0 Å². The first-order chi connectivity index (χ1) is 13.8. The van der Waals surface area contributed by atoms with Crippen molar-refractivity contribution in [2.75, 3.05) is 38.6 Å². The van der Waals surface area contributed by atoms with Gasteiger partial charge in [0.2, 0.25) is 10.0 Å². The van der Waals surface area contributed by atoms with Crippen molar-refractivity contribution in [2.45, 2.75) is 24.7 Å². The molecule has 0 unspecified atom stereocenters. The summed E-state index contributed by atoms with van der Waals surface area (Å²) in [6.07, 6.45) is 0. The van der Waals surface area contributed by atoms with E-state index in [0.29, 0.717) is 43.0 Å². The van der Waals surface area contributed by atoms with E-state index in [1.807, 2.05) is 17.0 Å². The van der Waals surface area contributed by atoms with Crippen LogP contribution >= 0.6 is 12.2 Å². The lowest BCUT2D eigenvalue weighted by Crippen LogP contribution is -2.51. The number of sulfonamides is 1. The summed E-state index contributed by atoms with van der Waals surface area (Å²) < 4.78 is 32.3. The van der Waals surface area contributed by atoms with E-state index in [4.69, 9.17) is 17.0 Å². The zero-order valence-electron chi connectivity index (χ0n) is 17.0. The van der Waals surface area contributed by atoms with E-state index in [-0.39, 0.29) is 4.90 Å². The van der Waals surface area contributed by atoms with Crippen LogP contribution in [0.1, 0.15) is 25.3 Å². The predicted octanol–water partition coefficient (Wildman–Crippen LogP) is 3.52. The molecule has 1 fully saturated rings. The maximum absolute atomic E-state index is 12.9. The van der Waals surface area contributed by atoms with Crippen LogP contribution < -0.4 is 10.1 Å². The highest BCUT2D eigenvalue weighted by Crippen LogP contribution is 2.21. The average molecular weight is 434 g/mol. The molecular formula is C21H27N3O3S2. The number of hydrogen-bond donors (Lipinski definition) is 1. The number of methoxy groups -OCH3 is 1. The van der Waals surface area contributed by atoms with Gasteiger partial charge in [-0.1, -0.05) is 26.0 Å². The molecule has 0 amide bonds. The summed E-state index contributed by atoms with van der Waals surface area (Å²) in [6, 6.07) is 14.7. The standard InChI is InChI=1S/C21H27N3O3S2/c1-16(2)17-4-6-18(7-5-17)22-21(28)23-12-14-24(15-13-23)29(25,26)20-10-8-19(27-3)9-11-20/h4-11,16H,12-15H2,1-3H3,(H,22,28). The van der Waals surface area contributed by atoms with Gasteiger partial charge in [-0.3, -0.25) is 0 Å². The average Bonchev–Trinajstić information content (AvgIpc) is 2.74. The maximum atomic E-state index is 12.9. The molecule has 0 radical (unpaired) electrons. The third-order valence-corrected chi connectivity index (χ3v) is 7.32. The van der Waals surface area contributed by atoms with Crippen molar-refractivity contribution < 1.29 is 13.2 Å². The minimum Gasteiger partial charge on any atom is -0.497 e. The van der Waals surface area contributed by atoms with Gasteiger partial charge < -0.3 is 15.0 Å². The summed E-state index contributed by atoms with van der Waals surface area (Å²) in [4.78, 5) is 2.28. The molecule has 0 aromatic heterocycles. The highest BCUT2D eigenvalue weighted by molar-refractivity contribution is 7.89. The first kappa shape index (κ1) is 21.5. The van der Waals surface area contributed by atoms with E-state index >= 15 is 0 Å². The predicted molar refractivity (Wildman–Crippen MR) is 120 cm³/mol. The number of thiocarbonyl (C=S) groups is 1. The van der Waals surface area contributed by atoms with Gasteiger partial charge in [0.15, 0.2) is 5.11 Å². The molecule has 0 aliphatic carbocycles. The van der Waals surface area contributed by atoms with Crippen molar-refractivity contribution in [1.29, 1.82) is 0 Å². The second-order valence-electron chi connectivity index (χ2n) is 7.27. The van der Waals surface area contributed by atoms with Crippen LogP contribution in [-0.2, 0) is 10.0 Å². The van der Waals surface area contributed by atoms with Gasteiger partial charge in [-0.05, 0) is 60.1 Å². The number of nitrogens with zero attached hydrogens (tertiary/aromatic N) is 2. The monoisotopic (exact) mass is 433 g/mol. The molecule has 8 heteroatoms. The number of anilines is 1. The van der Waals surface area contributed by atoms with E-state index in [0.717, 1.165) is 5.69 Å². The van der Waals surface area contributed by atoms with Crippen LogP contribution in [0.5, 0.6) is 5.75 Å². The summed E-state index contributed by atoms with van der Waals surface area (Å²) in [6.45, 7) is 6.20. The second-order valence-corrected chi connectivity index (χ2v) is 9.60. The Morgan fingerprint density at radius 3 is 2.10 bits per heavy atom. The molecule has 0 atom stereocenters. The summed E-state index contributed by atoms with van der Waals surface area (Å²) in [5.74, 6) is 1.11. The Hall–Kier alpha value is -2.16. The van der Waals surface area contributed by atoms with Gasteiger partial charge in [-0.15, -0.1) is 0 Å². The van der Waals surface area contributed by atoms with E-state index in [1.165, 1.54) is 9.87 Å². The lowest BCUT2D eigenvalue weighted by atomic mass is 10.0. The first-order valence-corrected chi connectivity index (χ1v) is 11.5. The summed E-state index contributed by atoms with van der Waals surface area (Å²) in [7, 11) is -1.97. The molecule has 3 rings (SSSR count). The molecule has 1 aliphatic heterocycles. The Labute approximate surface area is 178 Å². The smallest absolute Gasteiger partial charge is 0.243 e. The van der Waals surface area contributed by atoms with Crippen LogP contribution in [0.4, 0.5) is 5.69 Å². The number of piperazine rings is 1. The maximum Gasteiger partial charge on any atom is 0.243 e. The van der Waals surface area contributed by atoms with E-state index < -0.39 is 10.0 Å². The Morgan fingerprint density at radius 2 is 1.59 bits per heavy atom. The number of rotatable bonds is 5. The van der Waals surface area contributed by atoms with Gasteiger partial charge in [0.1, 0.15) is 5.75 Å². The SMILES string of the molecule is COc1ccc(S(=O)(=O)N2CCN(C(=S)Nc3ccc(C(C)C)cc3)CC2)cc1. The molecule has 0 bridgehead atoms. The van der Waals surface area contributed by atoms with Crippen LogP contribution in [0.25, 0.3) is 0 Å². The van der Waals surface area contributed by atoms with Gasteiger partial charge in [-0.25, -0.2) is 8.42 Å². The largest absolute Gasteiger partial charge is 0.497 e. The second kappa shape index (κ2) is 9.11. The zero-order chi connectivity index (χ0) is 21.0. The first-order valence-electron chi connectivity index (χ1n) is 9.61. The fraction of sp³-hybridized carbons (Fsp3) is 0.381. The highest BCUT2D eigenvalue weighted by atomic mass is 32.2.